The first-order valence-electron chi connectivity index (χ1n) is 6.69. The van der Waals surface area contributed by atoms with Crippen LogP contribution in [0.15, 0.2) is 48.9 Å². The van der Waals surface area contributed by atoms with Crippen LogP contribution in [0.2, 0.25) is 0 Å². The van der Waals surface area contributed by atoms with Crippen LogP contribution >= 0.6 is 0 Å². The second-order valence-corrected chi connectivity index (χ2v) is 4.52. The number of para-hydroxylation sites is 2. The summed E-state index contributed by atoms with van der Waals surface area (Å²) in [5, 5.41) is 24.4. The van der Waals surface area contributed by atoms with E-state index in [2.05, 4.69) is 20.7 Å². The van der Waals surface area contributed by atoms with Gasteiger partial charge in [0.25, 0.3) is 0 Å². The minimum Gasteiger partial charge on any atom is -0.394 e. The average Bonchev–Trinajstić information content (AvgIpc) is 3.17. The van der Waals surface area contributed by atoms with E-state index in [0.29, 0.717) is 13.1 Å². The Labute approximate surface area is 121 Å². The normalized spacial score (nSPS) is 10.7. The smallest absolute Gasteiger partial charge is 0.102 e. The summed E-state index contributed by atoms with van der Waals surface area (Å²) in [4.78, 5) is 0. The van der Waals surface area contributed by atoms with Crippen molar-refractivity contribution >= 4 is 5.69 Å². The third kappa shape index (κ3) is 3.09. The summed E-state index contributed by atoms with van der Waals surface area (Å²) >= 11 is 0. The monoisotopic (exact) mass is 284 g/mol. The Bertz CT molecular complexity index is 691. The minimum absolute atomic E-state index is 0.0539. The number of aromatic nitrogens is 5. The van der Waals surface area contributed by atoms with Crippen LogP contribution in [0.25, 0.3) is 5.69 Å². The number of hydrogen-bond donors (Lipinski definition) is 2. The van der Waals surface area contributed by atoms with Crippen molar-refractivity contribution in [3.05, 3.63) is 54.6 Å². The lowest BCUT2D eigenvalue weighted by molar-refractivity contribution is 0.268. The van der Waals surface area contributed by atoms with Crippen molar-refractivity contribution in [1.29, 1.82) is 0 Å². The minimum atomic E-state index is 0.0539. The standard InChI is InChI=1S/C14H16N6O/c21-9-8-19-11-12(17-18-19)10-15-13-4-1-2-5-14(13)20-7-3-6-16-20/h1-7,11,15,21H,8-10H2. The second kappa shape index (κ2) is 6.19. The summed E-state index contributed by atoms with van der Waals surface area (Å²) in [6, 6.07) is 9.82. The third-order valence-electron chi connectivity index (χ3n) is 3.03. The van der Waals surface area contributed by atoms with Crippen molar-refractivity contribution in [3.8, 4) is 5.69 Å². The van der Waals surface area contributed by atoms with Gasteiger partial charge in [-0.05, 0) is 18.2 Å². The van der Waals surface area contributed by atoms with Gasteiger partial charge in [-0.25, -0.2) is 9.36 Å². The second-order valence-electron chi connectivity index (χ2n) is 4.52. The molecular weight excluding hydrogens is 268 g/mol. The van der Waals surface area contributed by atoms with Crippen LogP contribution in [-0.4, -0.2) is 36.5 Å². The summed E-state index contributed by atoms with van der Waals surface area (Å²) in [5.74, 6) is 0. The van der Waals surface area contributed by atoms with E-state index in [0.717, 1.165) is 17.1 Å². The van der Waals surface area contributed by atoms with Crippen LogP contribution in [0.5, 0.6) is 0 Å². The molecule has 0 spiro atoms. The van der Waals surface area contributed by atoms with Crippen LogP contribution in [0.1, 0.15) is 5.69 Å². The van der Waals surface area contributed by atoms with E-state index in [1.54, 1.807) is 10.9 Å². The maximum absolute atomic E-state index is 8.86. The first-order chi connectivity index (χ1) is 10.4. The maximum Gasteiger partial charge on any atom is 0.102 e. The average molecular weight is 284 g/mol. The molecule has 2 heterocycles. The zero-order chi connectivity index (χ0) is 14.5. The summed E-state index contributed by atoms with van der Waals surface area (Å²) in [5.41, 5.74) is 2.77. The number of anilines is 1. The molecule has 0 aliphatic carbocycles. The Morgan fingerprint density at radius 3 is 2.90 bits per heavy atom. The molecule has 2 aromatic heterocycles. The molecule has 0 aliphatic heterocycles. The van der Waals surface area contributed by atoms with Gasteiger partial charge in [-0.2, -0.15) is 5.10 Å². The molecule has 3 rings (SSSR count). The quantitative estimate of drug-likeness (QED) is 0.707. The number of aliphatic hydroxyl groups excluding tert-OH is 1. The van der Waals surface area contributed by atoms with Crippen molar-refractivity contribution in [2.24, 2.45) is 0 Å². The zero-order valence-electron chi connectivity index (χ0n) is 11.4. The van der Waals surface area contributed by atoms with Crippen molar-refractivity contribution in [2.75, 3.05) is 11.9 Å². The van der Waals surface area contributed by atoms with E-state index in [4.69, 9.17) is 5.11 Å². The number of hydrogen-bond acceptors (Lipinski definition) is 5. The molecule has 2 N–H and O–H groups in total. The molecule has 0 fully saturated rings. The van der Waals surface area contributed by atoms with Gasteiger partial charge < -0.3 is 10.4 Å². The molecule has 21 heavy (non-hydrogen) atoms. The first kappa shape index (κ1) is 13.3. The molecule has 7 heteroatoms. The molecule has 7 nitrogen and oxygen atoms in total. The lowest BCUT2D eigenvalue weighted by Gasteiger charge is -2.10. The predicted octanol–water partition coefficient (Wildman–Crippen LogP) is 1.07. The summed E-state index contributed by atoms with van der Waals surface area (Å²) in [6.07, 6.45) is 5.47. The first-order valence-corrected chi connectivity index (χ1v) is 6.69. The van der Waals surface area contributed by atoms with Gasteiger partial charge in [0, 0.05) is 12.4 Å². The molecule has 0 saturated carbocycles. The number of benzene rings is 1. The molecule has 0 radical (unpaired) electrons. The Morgan fingerprint density at radius 1 is 1.19 bits per heavy atom. The Kier molecular flexibility index (Phi) is 3.92. The molecule has 0 atom stereocenters. The molecule has 3 aromatic rings. The van der Waals surface area contributed by atoms with Gasteiger partial charge in [0.05, 0.1) is 37.3 Å². The van der Waals surface area contributed by atoms with E-state index in [-0.39, 0.29) is 6.61 Å². The van der Waals surface area contributed by atoms with Crippen molar-refractivity contribution in [3.63, 3.8) is 0 Å². The van der Waals surface area contributed by atoms with Crippen LogP contribution in [-0.2, 0) is 13.1 Å². The van der Waals surface area contributed by atoms with E-state index in [1.165, 1.54) is 0 Å². The Morgan fingerprint density at radius 2 is 2.10 bits per heavy atom. The summed E-state index contributed by atoms with van der Waals surface area (Å²) in [6.45, 7) is 1.07. The van der Waals surface area contributed by atoms with Gasteiger partial charge in [0.2, 0.25) is 0 Å². The van der Waals surface area contributed by atoms with Gasteiger partial charge >= 0.3 is 0 Å². The van der Waals surface area contributed by atoms with E-state index in [9.17, 15) is 0 Å². The van der Waals surface area contributed by atoms with E-state index in [1.807, 2.05) is 47.4 Å². The molecule has 0 aliphatic rings. The highest BCUT2D eigenvalue weighted by Gasteiger charge is 2.05. The Balaban J connectivity index is 1.73. The largest absolute Gasteiger partial charge is 0.394 e. The van der Waals surface area contributed by atoms with Crippen molar-refractivity contribution in [2.45, 2.75) is 13.1 Å². The van der Waals surface area contributed by atoms with E-state index < -0.39 is 0 Å². The third-order valence-corrected chi connectivity index (χ3v) is 3.03. The van der Waals surface area contributed by atoms with Crippen molar-refractivity contribution < 1.29 is 5.11 Å². The fourth-order valence-electron chi connectivity index (χ4n) is 2.05. The number of nitrogens with one attached hydrogen (secondary N) is 1. The highest BCUT2D eigenvalue weighted by molar-refractivity contribution is 5.60. The molecule has 0 unspecified atom stereocenters. The topological polar surface area (TPSA) is 80.8 Å². The van der Waals surface area contributed by atoms with Gasteiger partial charge in [0.1, 0.15) is 5.69 Å². The molecule has 0 saturated heterocycles. The highest BCUT2D eigenvalue weighted by atomic mass is 16.3. The van der Waals surface area contributed by atoms with Crippen LogP contribution < -0.4 is 5.32 Å². The Hall–Kier alpha value is -2.67. The molecular formula is C14H16N6O. The molecule has 108 valence electrons. The van der Waals surface area contributed by atoms with Crippen LogP contribution in [0, 0.1) is 0 Å². The van der Waals surface area contributed by atoms with Crippen LogP contribution in [0.4, 0.5) is 5.69 Å². The summed E-state index contributed by atoms with van der Waals surface area (Å²) < 4.78 is 3.43. The van der Waals surface area contributed by atoms with Gasteiger partial charge in [-0.15, -0.1) is 5.10 Å². The van der Waals surface area contributed by atoms with E-state index >= 15 is 0 Å². The molecule has 1 aromatic carbocycles. The van der Waals surface area contributed by atoms with Gasteiger partial charge in [-0.1, -0.05) is 17.3 Å². The van der Waals surface area contributed by atoms with Crippen molar-refractivity contribution in [1.82, 2.24) is 24.8 Å². The summed E-state index contributed by atoms with van der Waals surface area (Å²) in [7, 11) is 0. The van der Waals surface area contributed by atoms with Gasteiger partial charge in [0.15, 0.2) is 0 Å². The van der Waals surface area contributed by atoms with Gasteiger partial charge in [-0.3, -0.25) is 0 Å². The maximum atomic E-state index is 8.86. The fourth-order valence-corrected chi connectivity index (χ4v) is 2.05. The lowest BCUT2D eigenvalue weighted by atomic mass is 10.2. The number of nitrogens with zero attached hydrogens (tertiary/aromatic N) is 5. The predicted molar refractivity (Wildman–Crippen MR) is 78.0 cm³/mol. The lowest BCUT2D eigenvalue weighted by Crippen LogP contribution is -2.05. The zero-order valence-corrected chi connectivity index (χ0v) is 11.4. The fraction of sp³-hybridized carbons (Fsp3) is 0.214. The number of aliphatic hydroxyl groups is 1. The number of rotatable bonds is 6. The SMILES string of the molecule is OCCn1cc(CNc2ccccc2-n2cccn2)nn1. The highest BCUT2D eigenvalue weighted by Crippen LogP contribution is 2.19. The molecule has 0 amide bonds. The molecule has 0 bridgehead atoms. The van der Waals surface area contributed by atoms with Crippen LogP contribution in [0.3, 0.4) is 0 Å².